The van der Waals surface area contributed by atoms with Gasteiger partial charge in [0.1, 0.15) is 11.9 Å². The SMILES string of the molecule is Cc1cc(=O)[nH]c(C2CN(C(=O)c3ccc4c(c3)OCO4)CCO2)n1. The minimum Gasteiger partial charge on any atom is -0.454 e. The Morgan fingerprint density at radius 2 is 2.12 bits per heavy atom. The van der Waals surface area contributed by atoms with Gasteiger partial charge < -0.3 is 24.1 Å². The lowest BCUT2D eigenvalue weighted by Gasteiger charge is -2.32. The molecule has 1 amide bonds. The molecule has 0 aliphatic carbocycles. The van der Waals surface area contributed by atoms with Crippen molar-refractivity contribution in [3.05, 3.63) is 51.7 Å². The van der Waals surface area contributed by atoms with E-state index in [1.54, 1.807) is 30.0 Å². The molecule has 25 heavy (non-hydrogen) atoms. The van der Waals surface area contributed by atoms with E-state index in [9.17, 15) is 9.59 Å². The van der Waals surface area contributed by atoms with Crippen LogP contribution in [0.4, 0.5) is 0 Å². The molecular formula is C17H17N3O5. The number of hydrogen-bond acceptors (Lipinski definition) is 6. The quantitative estimate of drug-likeness (QED) is 0.875. The first kappa shape index (κ1) is 15.6. The van der Waals surface area contributed by atoms with Crippen LogP contribution in [0, 0.1) is 6.92 Å². The van der Waals surface area contributed by atoms with E-state index < -0.39 is 6.10 Å². The number of carbonyl (C=O) groups excluding carboxylic acids is 1. The van der Waals surface area contributed by atoms with E-state index in [1.165, 1.54) is 6.07 Å². The van der Waals surface area contributed by atoms with Gasteiger partial charge in [-0.25, -0.2) is 4.98 Å². The van der Waals surface area contributed by atoms with E-state index in [0.717, 1.165) is 0 Å². The number of nitrogens with zero attached hydrogens (tertiary/aromatic N) is 2. The largest absolute Gasteiger partial charge is 0.454 e. The second kappa shape index (κ2) is 6.21. The van der Waals surface area contributed by atoms with Crippen molar-refractivity contribution in [3.63, 3.8) is 0 Å². The third kappa shape index (κ3) is 3.08. The lowest BCUT2D eigenvalue weighted by Crippen LogP contribution is -2.43. The number of amides is 1. The van der Waals surface area contributed by atoms with Crippen LogP contribution < -0.4 is 15.0 Å². The summed E-state index contributed by atoms with van der Waals surface area (Å²) in [5, 5.41) is 0. The molecule has 8 heteroatoms. The van der Waals surface area contributed by atoms with Crippen molar-refractivity contribution in [1.82, 2.24) is 14.9 Å². The summed E-state index contributed by atoms with van der Waals surface area (Å²) in [5.74, 6) is 1.52. The van der Waals surface area contributed by atoms with Gasteiger partial charge in [0.25, 0.3) is 11.5 Å². The maximum Gasteiger partial charge on any atom is 0.254 e. The van der Waals surface area contributed by atoms with Gasteiger partial charge in [-0.05, 0) is 25.1 Å². The van der Waals surface area contributed by atoms with E-state index in [1.807, 2.05) is 0 Å². The normalized spacial score (nSPS) is 19.1. The number of rotatable bonds is 2. The molecular weight excluding hydrogens is 326 g/mol. The topological polar surface area (TPSA) is 93.8 Å². The van der Waals surface area contributed by atoms with Crippen molar-refractivity contribution in [2.45, 2.75) is 13.0 Å². The van der Waals surface area contributed by atoms with E-state index in [4.69, 9.17) is 14.2 Å². The third-order valence-corrected chi connectivity index (χ3v) is 4.17. The highest BCUT2D eigenvalue weighted by Crippen LogP contribution is 2.33. The molecule has 2 aromatic rings. The van der Waals surface area contributed by atoms with Crippen molar-refractivity contribution in [2.24, 2.45) is 0 Å². The molecule has 1 atom stereocenters. The highest BCUT2D eigenvalue weighted by Gasteiger charge is 2.28. The molecule has 0 radical (unpaired) electrons. The second-order valence-electron chi connectivity index (χ2n) is 5.95. The van der Waals surface area contributed by atoms with Gasteiger partial charge in [0, 0.05) is 23.9 Å². The molecule has 3 heterocycles. The Morgan fingerprint density at radius 1 is 1.28 bits per heavy atom. The molecule has 8 nitrogen and oxygen atoms in total. The summed E-state index contributed by atoms with van der Waals surface area (Å²) in [6.07, 6.45) is -0.459. The molecule has 0 bridgehead atoms. The molecule has 1 fully saturated rings. The average Bonchev–Trinajstić information content (AvgIpc) is 3.08. The predicted octanol–water partition coefficient (Wildman–Crippen LogP) is 1.02. The lowest BCUT2D eigenvalue weighted by atomic mass is 10.1. The number of benzene rings is 1. The van der Waals surface area contributed by atoms with Crippen LogP contribution in [-0.4, -0.2) is 47.3 Å². The number of morpholine rings is 1. The monoisotopic (exact) mass is 343 g/mol. The van der Waals surface area contributed by atoms with Gasteiger partial charge in [-0.2, -0.15) is 0 Å². The van der Waals surface area contributed by atoms with E-state index in [0.29, 0.717) is 48.3 Å². The summed E-state index contributed by atoms with van der Waals surface area (Å²) in [4.78, 5) is 33.1. The van der Waals surface area contributed by atoms with E-state index in [-0.39, 0.29) is 18.3 Å². The number of aryl methyl sites for hydroxylation is 1. The van der Waals surface area contributed by atoms with Crippen LogP contribution in [0.15, 0.2) is 29.1 Å². The number of hydrogen-bond donors (Lipinski definition) is 1. The highest BCUT2D eigenvalue weighted by molar-refractivity contribution is 5.95. The second-order valence-corrected chi connectivity index (χ2v) is 5.95. The molecule has 0 saturated carbocycles. The molecule has 2 aliphatic rings. The first-order valence-corrected chi connectivity index (χ1v) is 7.98. The Morgan fingerprint density at radius 3 is 2.96 bits per heavy atom. The van der Waals surface area contributed by atoms with Crippen LogP contribution in [0.25, 0.3) is 0 Å². The highest BCUT2D eigenvalue weighted by atomic mass is 16.7. The summed E-state index contributed by atoms with van der Waals surface area (Å²) in [6.45, 7) is 3.08. The number of carbonyl (C=O) groups is 1. The Labute approximate surface area is 143 Å². The Kier molecular flexibility index (Phi) is 3.89. The van der Waals surface area contributed by atoms with Crippen LogP contribution >= 0.6 is 0 Å². The summed E-state index contributed by atoms with van der Waals surface area (Å²) >= 11 is 0. The Bertz CT molecular complexity index is 879. The summed E-state index contributed by atoms with van der Waals surface area (Å²) in [5.41, 5.74) is 0.905. The van der Waals surface area contributed by atoms with Gasteiger partial charge in [0.15, 0.2) is 11.5 Å². The van der Waals surface area contributed by atoms with Crippen LogP contribution in [-0.2, 0) is 4.74 Å². The van der Waals surface area contributed by atoms with Crippen molar-refractivity contribution in [1.29, 1.82) is 0 Å². The van der Waals surface area contributed by atoms with E-state index in [2.05, 4.69) is 9.97 Å². The number of ether oxygens (including phenoxy) is 3. The fourth-order valence-corrected chi connectivity index (χ4v) is 2.97. The van der Waals surface area contributed by atoms with Gasteiger partial charge in [-0.15, -0.1) is 0 Å². The maximum absolute atomic E-state index is 12.8. The van der Waals surface area contributed by atoms with Gasteiger partial charge in [-0.1, -0.05) is 0 Å². The predicted molar refractivity (Wildman–Crippen MR) is 86.8 cm³/mol. The van der Waals surface area contributed by atoms with E-state index >= 15 is 0 Å². The third-order valence-electron chi connectivity index (χ3n) is 4.17. The zero-order valence-electron chi connectivity index (χ0n) is 13.7. The van der Waals surface area contributed by atoms with Crippen LogP contribution in [0.5, 0.6) is 11.5 Å². The standard InChI is InChI=1S/C17H17N3O5/c1-10-6-15(21)19-16(18-10)14-8-20(4-5-23-14)17(22)11-2-3-12-13(7-11)25-9-24-12/h2-3,6-7,14H,4-5,8-9H2,1H3,(H,18,19,21). The zero-order valence-corrected chi connectivity index (χ0v) is 13.7. The summed E-state index contributed by atoms with van der Waals surface area (Å²) < 4.78 is 16.3. The summed E-state index contributed by atoms with van der Waals surface area (Å²) in [7, 11) is 0. The molecule has 1 saturated heterocycles. The molecule has 1 aromatic heterocycles. The van der Waals surface area contributed by atoms with Gasteiger partial charge >= 0.3 is 0 Å². The molecule has 1 N–H and O–H groups in total. The van der Waals surface area contributed by atoms with Crippen molar-refractivity contribution >= 4 is 5.91 Å². The number of nitrogens with one attached hydrogen (secondary N) is 1. The fourth-order valence-electron chi connectivity index (χ4n) is 2.97. The van der Waals surface area contributed by atoms with Crippen molar-refractivity contribution < 1.29 is 19.0 Å². The minimum atomic E-state index is -0.459. The van der Waals surface area contributed by atoms with Gasteiger partial charge in [0.05, 0.1) is 13.2 Å². The lowest BCUT2D eigenvalue weighted by molar-refractivity contribution is -0.0269. The smallest absolute Gasteiger partial charge is 0.254 e. The molecule has 0 spiro atoms. The Hall–Kier alpha value is -2.87. The minimum absolute atomic E-state index is 0.124. The molecule has 1 aromatic carbocycles. The molecule has 2 aliphatic heterocycles. The number of H-pyrrole nitrogens is 1. The average molecular weight is 343 g/mol. The van der Waals surface area contributed by atoms with Crippen LogP contribution in [0.3, 0.4) is 0 Å². The molecule has 4 rings (SSSR count). The Balaban J connectivity index is 1.54. The first-order chi connectivity index (χ1) is 12.1. The van der Waals surface area contributed by atoms with Crippen molar-refractivity contribution in [3.8, 4) is 11.5 Å². The zero-order chi connectivity index (χ0) is 17.4. The fraction of sp³-hybridized carbons (Fsp3) is 0.353. The van der Waals surface area contributed by atoms with Crippen LogP contribution in [0.1, 0.15) is 28.0 Å². The molecule has 130 valence electrons. The van der Waals surface area contributed by atoms with Gasteiger partial charge in [-0.3, -0.25) is 9.59 Å². The number of aromatic nitrogens is 2. The maximum atomic E-state index is 12.8. The van der Waals surface area contributed by atoms with Gasteiger partial charge in [0.2, 0.25) is 6.79 Å². The van der Waals surface area contributed by atoms with Crippen LogP contribution in [0.2, 0.25) is 0 Å². The van der Waals surface area contributed by atoms with Crippen molar-refractivity contribution in [2.75, 3.05) is 26.5 Å². The number of aromatic amines is 1. The first-order valence-electron chi connectivity index (χ1n) is 7.98. The summed E-state index contributed by atoms with van der Waals surface area (Å²) in [6, 6.07) is 6.55. The number of fused-ring (bicyclic) bond motifs is 1. The molecule has 1 unspecified atom stereocenters.